The van der Waals surface area contributed by atoms with Gasteiger partial charge >= 0.3 is 5.97 Å². The molecule has 1 N–H and O–H groups in total. The number of carboxylic acid groups (broad SMARTS) is 1. The standard InChI is InChI=1S/C13H20N2O3/c1-3-15(8-9-18-11(2)13(16)17)10-12-6-4-5-7-14-12/h4-7,11H,3,8-10H2,1-2H3,(H,16,17). The van der Waals surface area contributed by atoms with Gasteiger partial charge in [-0.1, -0.05) is 13.0 Å². The van der Waals surface area contributed by atoms with Crippen LogP contribution < -0.4 is 0 Å². The summed E-state index contributed by atoms with van der Waals surface area (Å²) >= 11 is 0. The molecule has 1 heterocycles. The van der Waals surface area contributed by atoms with Gasteiger partial charge in [-0.05, 0) is 25.6 Å². The van der Waals surface area contributed by atoms with E-state index in [2.05, 4.69) is 16.8 Å². The summed E-state index contributed by atoms with van der Waals surface area (Å²) in [6.07, 6.45) is 1.02. The lowest BCUT2D eigenvalue weighted by Gasteiger charge is -2.20. The summed E-state index contributed by atoms with van der Waals surface area (Å²) in [4.78, 5) is 17.0. The Morgan fingerprint density at radius 2 is 2.33 bits per heavy atom. The van der Waals surface area contributed by atoms with Crippen LogP contribution in [-0.2, 0) is 16.1 Å². The van der Waals surface area contributed by atoms with Crippen molar-refractivity contribution in [2.45, 2.75) is 26.5 Å². The Labute approximate surface area is 107 Å². The van der Waals surface area contributed by atoms with Crippen LogP contribution in [0.3, 0.4) is 0 Å². The molecule has 0 spiro atoms. The molecule has 0 amide bonds. The molecule has 1 rings (SSSR count). The van der Waals surface area contributed by atoms with Crippen LogP contribution in [0.15, 0.2) is 24.4 Å². The molecular formula is C13H20N2O3. The molecule has 1 aromatic heterocycles. The number of aliphatic carboxylic acids is 1. The van der Waals surface area contributed by atoms with E-state index in [0.29, 0.717) is 13.2 Å². The first-order valence-electron chi connectivity index (χ1n) is 6.10. The van der Waals surface area contributed by atoms with E-state index in [4.69, 9.17) is 9.84 Å². The highest BCUT2D eigenvalue weighted by Gasteiger charge is 2.11. The smallest absolute Gasteiger partial charge is 0.332 e. The first-order chi connectivity index (χ1) is 8.63. The van der Waals surface area contributed by atoms with Gasteiger partial charge in [0.1, 0.15) is 0 Å². The van der Waals surface area contributed by atoms with Crippen molar-refractivity contribution >= 4 is 5.97 Å². The molecule has 0 fully saturated rings. The maximum Gasteiger partial charge on any atom is 0.332 e. The first-order valence-corrected chi connectivity index (χ1v) is 6.10. The van der Waals surface area contributed by atoms with Crippen molar-refractivity contribution < 1.29 is 14.6 Å². The number of pyridine rings is 1. The predicted molar refractivity (Wildman–Crippen MR) is 68.2 cm³/mol. The number of rotatable bonds is 8. The quantitative estimate of drug-likeness (QED) is 0.757. The molecular weight excluding hydrogens is 232 g/mol. The zero-order valence-electron chi connectivity index (χ0n) is 10.9. The molecule has 1 unspecified atom stereocenters. The van der Waals surface area contributed by atoms with E-state index >= 15 is 0 Å². The van der Waals surface area contributed by atoms with Crippen molar-refractivity contribution in [3.8, 4) is 0 Å². The molecule has 0 bridgehead atoms. The molecule has 1 atom stereocenters. The maximum atomic E-state index is 10.6. The van der Waals surface area contributed by atoms with Gasteiger partial charge in [-0.25, -0.2) is 4.79 Å². The molecule has 5 heteroatoms. The minimum Gasteiger partial charge on any atom is -0.479 e. The Balaban J connectivity index is 2.32. The zero-order valence-corrected chi connectivity index (χ0v) is 10.9. The van der Waals surface area contributed by atoms with Gasteiger partial charge in [0.2, 0.25) is 0 Å². The number of hydrogen-bond acceptors (Lipinski definition) is 4. The minimum atomic E-state index is -0.928. The van der Waals surface area contributed by atoms with Crippen molar-refractivity contribution in [3.63, 3.8) is 0 Å². The molecule has 0 aliphatic rings. The van der Waals surface area contributed by atoms with E-state index in [1.54, 1.807) is 6.20 Å². The van der Waals surface area contributed by atoms with Gasteiger partial charge in [0.25, 0.3) is 0 Å². The second-order valence-corrected chi connectivity index (χ2v) is 4.04. The van der Waals surface area contributed by atoms with E-state index in [1.807, 2.05) is 18.2 Å². The molecule has 0 aromatic carbocycles. The van der Waals surface area contributed by atoms with Gasteiger partial charge in [0, 0.05) is 19.3 Å². The summed E-state index contributed by atoms with van der Waals surface area (Å²) < 4.78 is 5.21. The van der Waals surface area contributed by atoms with Crippen LogP contribution in [0.25, 0.3) is 0 Å². The normalized spacial score (nSPS) is 12.6. The van der Waals surface area contributed by atoms with Gasteiger partial charge < -0.3 is 9.84 Å². The third-order valence-corrected chi connectivity index (χ3v) is 2.68. The summed E-state index contributed by atoms with van der Waals surface area (Å²) in [7, 11) is 0. The second-order valence-electron chi connectivity index (χ2n) is 4.04. The molecule has 18 heavy (non-hydrogen) atoms. The van der Waals surface area contributed by atoms with Crippen LogP contribution in [0.5, 0.6) is 0 Å². The average Bonchev–Trinajstić information content (AvgIpc) is 2.38. The van der Waals surface area contributed by atoms with Gasteiger partial charge in [0.15, 0.2) is 6.10 Å². The fourth-order valence-corrected chi connectivity index (χ4v) is 1.50. The Kier molecular flexibility index (Phi) is 6.32. The highest BCUT2D eigenvalue weighted by molar-refractivity contribution is 5.71. The molecule has 0 radical (unpaired) electrons. The summed E-state index contributed by atoms with van der Waals surface area (Å²) in [5.74, 6) is -0.928. The van der Waals surface area contributed by atoms with E-state index in [0.717, 1.165) is 18.8 Å². The van der Waals surface area contributed by atoms with Gasteiger partial charge in [-0.3, -0.25) is 9.88 Å². The third-order valence-electron chi connectivity index (χ3n) is 2.68. The van der Waals surface area contributed by atoms with Crippen molar-refractivity contribution in [2.75, 3.05) is 19.7 Å². The van der Waals surface area contributed by atoms with Crippen LogP contribution in [0.1, 0.15) is 19.5 Å². The number of aromatic nitrogens is 1. The van der Waals surface area contributed by atoms with Crippen molar-refractivity contribution in [1.82, 2.24) is 9.88 Å². The fourth-order valence-electron chi connectivity index (χ4n) is 1.50. The minimum absolute atomic E-state index is 0.411. The molecule has 0 saturated heterocycles. The Bertz CT molecular complexity index is 357. The Morgan fingerprint density at radius 1 is 1.56 bits per heavy atom. The molecule has 0 saturated carbocycles. The van der Waals surface area contributed by atoms with Crippen LogP contribution in [0.2, 0.25) is 0 Å². The summed E-state index contributed by atoms with van der Waals surface area (Å²) in [6, 6.07) is 5.82. The van der Waals surface area contributed by atoms with Crippen LogP contribution in [0, 0.1) is 0 Å². The van der Waals surface area contributed by atoms with Gasteiger partial charge in [-0.15, -0.1) is 0 Å². The third kappa shape index (κ3) is 5.25. The topological polar surface area (TPSA) is 62.7 Å². The predicted octanol–water partition coefficient (Wildman–Crippen LogP) is 1.39. The number of carbonyl (C=O) groups is 1. The lowest BCUT2D eigenvalue weighted by Crippen LogP contribution is -2.30. The van der Waals surface area contributed by atoms with E-state index in [9.17, 15) is 4.79 Å². The van der Waals surface area contributed by atoms with Crippen LogP contribution in [-0.4, -0.2) is 46.8 Å². The van der Waals surface area contributed by atoms with Gasteiger partial charge in [0.05, 0.1) is 12.3 Å². The number of likely N-dealkylation sites (N-methyl/N-ethyl adjacent to an activating group) is 1. The Morgan fingerprint density at radius 3 is 2.89 bits per heavy atom. The molecule has 100 valence electrons. The largest absolute Gasteiger partial charge is 0.479 e. The summed E-state index contributed by atoms with van der Waals surface area (Å²) in [5.41, 5.74) is 1.01. The van der Waals surface area contributed by atoms with E-state index in [-0.39, 0.29) is 0 Å². The first kappa shape index (κ1) is 14.6. The summed E-state index contributed by atoms with van der Waals surface area (Å²) in [6.45, 7) is 6.34. The van der Waals surface area contributed by atoms with Crippen molar-refractivity contribution in [1.29, 1.82) is 0 Å². The summed E-state index contributed by atoms with van der Waals surface area (Å²) in [5, 5.41) is 8.69. The SMILES string of the molecule is CCN(CCOC(C)C(=O)O)Cc1ccccn1. The van der Waals surface area contributed by atoms with Gasteiger partial charge in [-0.2, -0.15) is 0 Å². The highest BCUT2D eigenvalue weighted by atomic mass is 16.5. The Hall–Kier alpha value is -1.46. The maximum absolute atomic E-state index is 10.6. The van der Waals surface area contributed by atoms with E-state index < -0.39 is 12.1 Å². The lowest BCUT2D eigenvalue weighted by molar-refractivity contribution is -0.149. The highest BCUT2D eigenvalue weighted by Crippen LogP contribution is 2.01. The zero-order chi connectivity index (χ0) is 13.4. The molecule has 0 aliphatic heterocycles. The van der Waals surface area contributed by atoms with E-state index in [1.165, 1.54) is 6.92 Å². The average molecular weight is 252 g/mol. The molecule has 0 aliphatic carbocycles. The number of carboxylic acids is 1. The molecule has 1 aromatic rings. The van der Waals surface area contributed by atoms with Crippen LogP contribution in [0.4, 0.5) is 0 Å². The number of ether oxygens (including phenoxy) is 1. The second kappa shape index (κ2) is 7.79. The van der Waals surface area contributed by atoms with Crippen LogP contribution >= 0.6 is 0 Å². The van der Waals surface area contributed by atoms with Crippen molar-refractivity contribution in [2.24, 2.45) is 0 Å². The fraction of sp³-hybridized carbons (Fsp3) is 0.538. The monoisotopic (exact) mass is 252 g/mol. The molecule has 5 nitrogen and oxygen atoms in total. The lowest BCUT2D eigenvalue weighted by atomic mass is 10.3. The number of nitrogens with zero attached hydrogens (tertiary/aromatic N) is 2. The van der Waals surface area contributed by atoms with Crippen molar-refractivity contribution in [3.05, 3.63) is 30.1 Å². The number of hydrogen-bond donors (Lipinski definition) is 1.